The SMILES string of the molecule is COc1ccc(C2/C(=C(\O)c3cc(C)cc(C)c3OC)C(=O)C(=O)N2c2cc(C)cc(C)c2)cc1. The highest BCUT2D eigenvalue weighted by Gasteiger charge is 2.47. The number of aliphatic hydroxyl groups excluding tert-OH is 1. The van der Waals surface area contributed by atoms with Crippen LogP contribution in [0.4, 0.5) is 5.69 Å². The second kappa shape index (κ2) is 9.29. The molecular formula is C29H29NO5. The summed E-state index contributed by atoms with van der Waals surface area (Å²) in [5.41, 5.74) is 5.31. The van der Waals surface area contributed by atoms with E-state index in [-0.39, 0.29) is 11.3 Å². The zero-order valence-electron chi connectivity index (χ0n) is 20.8. The topological polar surface area (TPSA) is 76.1 Å². The third-order valence-corrected chi connectivity index (χ3v) is 6.24. The molecule has 3 aromatic carbocycles. The summed E-state index contributed by atoms with van der Waals surface area (Å²) in [6.07, 6.45) is 0. The van der Waals surface area contributed by atoms with E-state index in [0.717, 1.165) is 22.3 Å². The fourth-order valence-corrected chi connectivity index (χ4v) is 4.84. The van der Waals surface area contributed by atoms with Crippen LogP contribution in [0.5, 0.6) is 11.5 Å². The Morgan fingerprint density at radius 1 is 0.829 bits per heavy atom. The van der Waals surface area contributed by atoms with Crippen molar-refractivity contribution in [2.75, 3.05) is 19.1 Å². The van der Waals surface area contributed by atoms with E-state index in [2.05, 4.69) is 0 Å². The number of carbonyl (C=O) groups excluding carboxylic acids is 2. The minimum atomic E-state index is -0.826. The van der Waals surface area contributed by atoms with Crippen LogP contribution in [-0.2, 0) is 9.59 Å². The first-order valence-corrected chi connectivity index (χ1v) is 11.3. The standard InChI is InChI=1S/C29H29NO5/c1-16-11-17(2)14-21(13-16)30-25(20-7-9-22(34-5)10-8-20)24(27(32)29(30)33)26(31)23-15-18(3)12-19(4)28(23)35-6/h7-15,25,31H,1-6H3/b26-24+. The summed E-state index contributed by atoms with van der Waals surface area (Å²) in [7, 11) is 3.09. The van der Waals surface area contributed by atoms with Gasteiger partial charge in [-0.1, -0.05) is 24.3 Å². The molecule has 1 saturated heterocycles. The molecule has 0 aliphatic carbocycles. The zero-order chi connectivity index (χ0) is 25.4. The Kier molecular flexibility index (Phi) is 6.39. The molecule has 0 saturated carbocycles. The summed E-state index contributed by atoms with van der Waals surface area (Å²) in [6.45, 7) is 7.65. The van der Waals surface area contributed by atoms with Crippen LogP contribution in [0.2, 0.25) is 0 Å². The number of Topliss-reactive ketones (excluding diaryl/α,β-unsaturated/α-hetero) is 1. The first-order valence-electron chi connectivity index (χ1n) is 11.3. The highest BCUT2D eigenvalue weighted by atomic mass is 16.5. The lowest BCUT2D eigenvalue weighted by molar-refractivity contribution is -0.132. The number of hydrogen-bond acceptors (Lipinski definition) is 5. The lowest BCUT2D eigenvalue weighted by Crippen LogP contribution is -2.29. The number of rotatable bonds is 5. The number of anilines is 1. The van der Waals surface area contributed by atoms with Crippen molar-refractivity contribution in [1.82, 2.24) is 0 Å². The molecule has 6 nitrogen and oxygen atoms in total. The number of aryl methyl sites for hydroxylation is 4. The summed E-state index contributed by atoms with van der Waals surface area (Å²) in [5.74, 6) is -0.601. The van der Waals surface area contributed by atoms with Crippen molar-refractivity contribution in [1.29, 1.82) is 0 Å². The molecule has 1 unspecified atom stereocenters. The van der Waals surface area contributed by atoms with Gasteiger partial charge in [0.05, 0.1) is 31.4 Å². The molecule has 0 aromatic heterocycles. The maximum absolute atomic E-state index is 13.5. The summed E-state index contributed by atoms with van der Waals surface area (Å²) in [4.78, 5) is 28.4. The molecule has 1 atom stereocenters. The third-order valence-electron chi connectivity index (χ3n) is 6.24. The summed E-state index contributed by atoms with van der Waals surface area (Å²) < 4.78 is 10.9. The van der Waals surface area contributed by atoms with Crippen LogP contribution in [0.25, 0.3) is 5.76 Å². The number of benzene rings is 3. The predicted octanol–water partition coefficient (Wildman–Crippen LogP) is 5.56. The molecule has 1 amide bonds. The quantitative estimate of drug-likeness (QED) is 0.299. The van der Waals surface area contributed by atoms with Crippen LogP contribution < -0.4 is 14.4 Å². The van der Waals surface area contributed by atoms with Gasteiger partial charge >= 0.3 is 0 Å². The van der Waals surface area contributed by atoms with Crippen molar-refractivity contribution < 1.29 is 24.2 Å². The number of ether oxygens (including phenoxy) is 2. The van der Waals surface area contributed by atoms with Crippen molar-refractivity contribution in [3.63, 3.8) is 0 Å². The van der Waals surface area contributed by atoms with Gasteiger partial charge in [-0.25, -0.2) is 0 Å². The third kappa shape index (κ3) is 4.28. The minimum absolute atomic E-state index is 0.0163. The van der Waals surface area contributed by atoms with Gasteiger partial charge in [0.1, 0.15) is 17.3 Å². The van der Waals surface area contributed by atoms with Gasteiger partial charge in [-0.05, 0) is 85.8 Å². The summed E-state index contributed by atoms with van der Waals surface area (Å²) in [5, 5.41) is 11.6. The number of hydrogen-bond donors (Lipinski definition) is 1. The normalized spacial score (nSPS) is 17.1. The van der Waals surface area contributed by atoms with Crippen LogP contribution in [-0.4, -0.2) is 31.0 Å². The van der Waals surface area contributed by atoms with Gasteiger partial charge in [-0.2, -0.15) is 0 Å². The second-order valence-electron chi connectivity index (χ2n) is 8.95. The Balaban J connectivity index is 2.01. The maximum Gasteiger partial charge on any atom is 0.300 e. The molecule has 35 heavy (non-hydrogen) atoms. The fraction of sp³-hybridized carbons (Fsp3) is 0.241. The van der Waals surface area contributed by atoms with Crippen molar-refractivity contribution in [2.24, 2.45) is 0 Å². The van der Waals surface area contributed by atoms with Gasteiger partial charge < -0.3 is 14.6 Å². The Hall–Kier alpha value is -4.06. The summed E-state index contributed by atoms with van der Waals surface area (Å²) >= 11 is 0. The largest absolute Gasteiger partial charge is 0.507 e. The zero-order valence-corrected chi connectivity index (χ0v) is 20.8. The lowest BCUT2D eigenvalue weighted by Gasteiger charge is -2.26. The van der Waals surface area contributed by atoms with Gasteiger partial charge in [0, 0.05) is 5.69 Å². The van der Waals surface area contributed by atoms with Gasteiger partial charge in [0.25, 0.3) is 11.7 Å². The van der Waals surface area contributed by atoms with E-state index < -0.39 is 17.7 Å². The maximum atomic E-state index is 13.5. The average molecular weight is 472 g/mol. The molecular weight excluding hydrogens is 442 g/mol. The van der Waals surface area contributed by atoms with Gasteiger partial charge in [0.2, 0.25) is 0 Å². The van der Waals surface area contributed by atoms with Gasteiger partial charge in [0.15, 0.2) is 0 Å². The Bertz CT molecular complexity index is 1330. The monoisotopic (exact) mass is 471 g/mol. The molecule has 0 spiro atoms. The number of ketones is 1. The van der Waals surface area contributed by atoms with Crippen LogP contribution in [0.15, 0.2) is 60.2 Å². The van der Waals surface area contributed by atoms with Crippen LogP contribution in [0.1, 0.15) is 39.4 Å². The first kappa shape index (κ1) is 24.1. The highest BCUT2D eigenvalue weighted by Crippen LogP contribution is 2.44. The van der Waals surface area contributed by atoms with Gasteiger partial charge in [-0.15, -0.1) is 0 Å². The van der Waals surface area contributed by atoms with Gasteiger partial charge in [-0.3, -0.25) is 14.5 Å². The van der Waals surface area contributed by atoms with Crippen molar-refractivity contribution in [3.8, 4) is 11.5 Å². The molecule has 1 N–H and O–H groups in total. The lowest BCUT2D eigenvalue weighted by atomic mass is 9.93. The molecule has 6 heteroatoms. The number of amides is 1. The van der Waals surface area contributed by atoms with Crippen molar-refractivity contribution >= 4 is 23.1 Å². The fourth-order valence-electron chi connectivity index (χ4n) is 4.84. The molecule has 1 fully saturated rings. The average Bonchev–Trinajstić information content (AvgIpc) is 3.08. The molecule has 1 heterocycles. The van der Waals surface area contributed by atoms with E-state index in [1.807, 2.05) is 52.0 Å². The number of carbonyl (C=O) groups is 2. The second-order valence-corrected chi connectivity index (χ2v) is 8.95. The smallest absolute Gasteiger partial charge is 0.300 e. The van der Waals surface area contributed by atoms with E-state index in [9.17, 15) is 14.7 Å². The van der Waals surface area contributed by atoms with E-state index in [4.69, 9.17) is 9.47 Å². The molecule has 4 rings (SSSR count). The molecule has 0 radical (unpaired) electrons. The van der Waals surface area contributed by atoms with E-state index in [1.54, 1.807) is 37.4 Å². The van der Waals surface area contributed by atoms with Crippen LogP contribution >= 0.6 is 0 Å². The Morgan fingerprint density at radius 2 is 1.43 bits per heavy atom. The molecule has 180 valence electrons. The Labute approximate surface area is 205 Å². The molecule has 1 aliphatic rings. The highest BCUT2D eigenvalue weighted by molar-refractivity contribution is 6.51. The van der Waals surface area contributed by atoms with E-state index in [0.29, 0.717) is 28.3 Å². The van der Waals surface area contributed by atoms with E-state index in [1.165, 1.54) is 12.0 Å². The first-order chi connectivity index (χ1) is 16.7. The summed E-state index contributed by atoms with van der Waals surface area (Å²) in [6, 6.07) is 15.8. The van der Waals surface area contributed by atoms with Crippen LogP contribution in [0.3, 0.4) is 0 Å². The minimum Gasteiger partial charge on any atom is -0.507 e. The molecule has 0 bridgehead atoms. The van der Waals surface area contributed by atoms with E-state index >= 15 is 0 Å². The number of aliphatic hydroxyl groups is 1. The molecule has 1 aliphatic heterocycles. The Morgan fingerprint density at radius 3 is 2.00 bits per heavy atom. The predicted molar refractivity (Wildman–Crippen MR) is 136 cm³/mol. The number of nitrogens with zero attached hydrogens (tertiary/aromatic N) is 1. The van der Waals surface area contributed by atoms with Crippen molar-refractivity contribution in [2.45, 2.75) is 33.7 Å². The number of methoxy groups -OCH3 is 2. The van der Waals surface area contributed by atoms with Crippen molar-refractivity contribution in [3.05, 3.63) is 93.6 Å². The van der Waals surface area contributed by atoms with Crippen LogP contribution in [0, 0.1) is 27.7 Å². The molecule has 3 aromatic rings.